The molecule has 0 aliphatic rings. The number of aryl methyl sites for hydroxylation is 2. The van der Waals surface area contributed by atoms with Crippen molar-refractivity contribution in [3.63, 3.8) is 0 Å². The van der Waals surface area contributed by atoms with Crippen LogP contribution in [0.15, 0.2) is 65.3 Å². The van der Waals surface area contributed by atoms with Crippen LogP contribution < -0.4 is 5.32 Å². The van der Waals surface area contributed by atoms with Gasteiger partial charge >= 0.3 is 0 Å². The van der Waals surface area contributed by atoms with Gasteiger partial charge in [0.2, 0.25) is 5.89 Å². The maximum absolute atomic E-state index is 13.1. The van der Waals surface area contributed by atoms with Crippen molar-refractivity contribution in [2.75, 3.05) is 6.54 Å². The van der Waals surface area contributed by atoms with Crippen LogP contribution >= 0.6 is 0 Å². The summed E-state index contributed by atoms with van der Waals surface area (Å²) in [5, 5.41) is 11.7. The van der Waals surface area contributed by atoms with Gasteiger partial charge in [-0.25, -0.2) is 4.68 Å². The average Bonchev–Trinajstić information content (AvgIpc) is 3.45. The Kier molecular flexibility index (Phi) is 6.44. The zero-order valence-electron chi connectivity index (χ0n) is 18.6. The fourth-order valence-electron chi connectivity index (χ4n) is 3.43. The van der Waals surface area contributed by atoms with E-state index in [4.69, 9.17) is 9.62 Å². The van der Waals surface area contributed by atoms with Crippen molar-refractivity contribution >= 4 is 5.91 Å². The predicted molar refractivity (Wildman–Crippen MR) is 123 cm³/mol. The number of amides is 1. The molecule has 0 saturated carbocycles. The van der Waals surface area contributed by atoms with Crippen LogP contribution in [0.1, 0.15) is 53.8 Å². The fourth-order valence-corrected chi connectivity index (χ4v) is 3.43. The normalized spacial score (nSPS) is 11.1. The highest BCUT2D eigenvalue weighted by Gasteiger charge is 2.19. The molecule has 0 aliphatic heterocycles. The van der Waals surface area contributed by atoms with E-state index < -0.39 is 0 Å². The molecular formula is C25H27N5O2. The summed E-state index contributed by atoms with van der Waals surface area (Å²) in [6.07, 6.45) is 3.12. The van der Waals surface area contributed by atoms with Crippen molar-refractivity contribution in [3.8, 4) is 16.9 Å². The first kappa shape index (κ1) is 21.5. The third-order valence-corrected chi connectivity index (χ3v) is 5.23. The maximum Gasteiger partial charge on any atom is 0.255 e. The Balaban J connectivity index is 1.50. The molecule has 1 N–H and O–H groups in total. The molecule has 7 nitrogen and oxygen atoms in total. The van der Waals surface area contributed by atoms with Gasteiger partial charge in [0.1, 0.15) is 5.69 Å². The van der Waals surface area contributed by atoms with Crippen LogP contribution in [0.5, 0.6) is 0 Å². The molecular weight excluding hydrogens is 402 g/mol. The fraction of sp³-hybridized carbons (Fsp3) is 0.280. The second kappa shape index (κ2) is 9.60. The minimum absolute atomic E-state index is 0.154. The van der Waals surface area contributed by atoms with Crippen molar-refractivity contribution in [2.24, 2.45) is 0 Å². The number of rotatable bonds is 8. The van der Waals surface area contributed by atoms with Gasteiger partial charge in [0.25, 0.3) is 5.91 Å². The van der Waals surface area contributed by atoms with Gasteiger partial charge < -0.3 is 9.84 Å². The van der Waals surface area contributed by atoms with E-state index in [0.717, 1.165) is 16.8 Å². The smallest absolute Gasteiger partial charge is 0.255 e. The van der Waals surface area contributed by atoms with E-state index in [0.29, 0.717) is 42.4 Å². The number of nitrogens with zero attached hydrogens (tertiary/aromatic N) is 4. The molecule has 0 radical (unpaired) electrons. The summed E-state index contributed by atoms with van der Waals surface area (Å²) in [5.74, 6) is 1.38. The van der Waals surface area contributed by atoms with E-state index in [9.17, 15) is 4.79 Å². The van der Waals surface area contributed by atoms with E-state index >= 15 is 0 Å². The lowest BCUT2D eigenvalue weighted by molar-refractivity contribution is 0.0953. The summed E-state index contributed by atoms with van der Waals surface area (Å²) in [6.45, 7) is 6.57. The molecule has 0 unspecified atom stereocenters. The van der Waals surface area contributed by atoms with Crippen molar-refractivity contribution in [3.05, 3.63) is 83.6 Å². The lowest BCUT2D eigenvalue weighted by atomic mass is 10.0. The Hall–Kier alpha value is -3.74. The summed E-state index contributed by atoms with van der Waals surface area (Å²) in [7, 11) is 0. The van der Waals surface area contributed by atoms with Crippen LogP contribution in [0.25, 0.3) is 16.9 Å². The van der Waals surface area contributed by atoms with Gasteiger partial charge in [-0.05, 0) is 31.0 Å². The Morgan fingerprint density at radius 3 is 2.56 bits per heavy atom. The number of benzene rings is 2. The number of para-hydroxylation sites is 1. The van der Waals surface area contributed by atoms with Crippen LogP contribution in [0.4, 0.5) is 0 Å². The Bertz CT molecular complexity index is 1190. The van der Waals surface area contributed by atoms with Gasteiger partial charge in [-0.3, -0.25) is 4.79 Å². The number of carbonyl (C=O) groups is 1. The highest BCUT2D eigenvalue weighted by molar-refractivity contribution is 6.00. The molecule has 0 bridgehead atoms. The number of hydrogen-bond acceptors (Lipinski definition) is 5. The minimum Gasteiger partial charge on any atom is -0.352 e. The molecule has 2 aromatic carbocycles. The quantitative estimate of drug-likeness (QED) is 0.410. The molecule has 2 heterocycles. The second-order valence-electron chi connectivity index (χ2n) is 8.05. The SMILES string of the molecule is Cc1ccccc1-c1nn(-c2ccccc2)cc1C(=O)NCCCc1nc(C(C)C)no1. The zero-order chi connectivity index (χ0) is 22.5. The number of carbonyl (C=O) groups excluding carboxylic acids is 1. The molecule has 164 valence electrons. The van der Waals surface area contributed by atoms with Crippen molar-refractivity contribution in [1.29, 1.82) is 0 Å². The molecule has 0 atom stereocenters. The van der Waals surface area contributed by atoms with Gasteiger partial charge in [0, 0.05) is 30.6 Å². The van der Waals surface area contributed by atoms with E-state index in [1.165, 1.54) is 0 Å². The van der Waals surface area contributed by atoms with Gasteiger partial charge in [0.05, 0.1) is 11.3 Å². The number of hydrogen-bond donors (Lipinski definition) is 1. The highest BCUT2D eigenvalue weighted by atomic mass is 16.5. The average molecular weight is 430 g/mol. The summed E-state index contributed by atoms with van der Waals surface area (Å²) >= 11 is 0. The van der Waals surface area contributed by atoms with Crippen LogP contribution in [0.2, 0.25) is 0 Å². The van der Waals surface area contributed by atoms with Gasteiger partial charge in [-0.1, -0.05) is 61.5 Å². The first-order valence-electron chi connectivity index (χ1n) is 10.8. The van der Waals surface area contributed by atoms with E-state index in [2.05, 4.69) is 15.5 Å². The van der Waals surface area contributed by atoms with Crippen molar-refractivity contribution < 1.29 is 9.32 Å². The van der Waals surface area contributed by atoms with Crippen LogP contribution in [0, 0.1) is 6.92 Å². The minimum atomic E-state index is -0.154. The largest absolute Gasteiger partial charge is 0.352 e. The standard InChI is InChI=1S/C25H27N5O2/c1-17(2)24-27-22(32-29-24)14-9-15-26-25(31)21-16-30(19-11-5-4-6-12-19)28-23(21)20-13-8-7-10-18(20)3/h4-8,10-13,16-17H,9,14-15H2,1-3H3,(H,26,31). The van der Waals surface area contributed by atoms with Gasteiger partial charge in [-0.2, -0.15) is 10.1 Å². The number of nitrogens with one attached hydrogen (secondary N) is 1. The van der Waals surface area contributed by atoms with Gasteiger partial charge in [-0.15, -0.1) is 0 Å². The molecule has 2 aromatic heterocycles. The molecule has 4 aromatic rings. The molecule has 0 spiro atoms. The molecule has 1 amide bonds. The van der Waals surface area contributed by atoms with Crippen molar-refractivity contribution in [1.82, 2.24) is 25.2 Å². The second-order valence-corrected chi connectivity index (χ2v) is 8.05. The van der Waals surface area contributed by atoms with Crippen LogP contribution in [-0.4, -0.2) is 32.4 Å². The first-order valence-corrected chi connectivity index (χ1v) is 10.8. The highest BCUT2D eigenvalue weighted by Crippen LogP contribution is 2.26. The molecule has 0 fully saturated rings. The lowest BCUT2D eigenvalue weighted by Gasteiger charge is -2.06. The monoisotopic (exact) mass is 429 g/mol. The molecule has 4 rings (SSSR count). The number of aromatic nitrogens is 4. The maximum atomic E-state index is 13.1. The molecule has 0 aliphatic carbocycles. The summed E-state index contributed by atoms with van der Waals surface area (Å²) in [5.41, 5.74) is 4.13. The third kappa shape index (κ3) is 4.77. The molecule has 7 heteroatoms. The Morgan fingerprint density at radius 1 is 1.09 bits per heavy atom. The predicted octanol–water partition coefficient (Wildman–Crippen LogP) is 4.72. The third-order valence-electron chi connectivity index (χ3n) is 5.23. The Morgan fingerprint density at radius 2 is 1.84 bits per heavy atom. The zero-order valence-corrected chi connectivity index (χ0v) is 18.6. The van der Waals surface area contributed by atoms with Crippen LogP contribution in [0.3, 0.4) is 0 Å². The lowest BCUT2D eigenvalue weighted by Crippen LogP contribution is -2.25. The first-order chi connectivity index (χ1) is 15.5. The molecule has 32 heavy (non-hydrogen) atoms. The molecule has 0 saturated heterocycles. The topological polar surface area (TPSA) is 85.8 Å². The Labute approximate surface area is 187 Å². The summed E-state index contributed by atoms with van der Waals surface area (Å²) in [6, 6.07) is 17.7. The summed E-state index contributed by atoms with van der Waals surface area (Å²) in [4.78, 5) is 17.5. The summed E-state index contributed by atoms with van der Waals surface area (Å²) < 4.78 is 7.03. The van der Waals surface area contributed by atoms with E-state index in [1.807, 2.05) is 75.4 Å². The van der Waals surface area contributed by atoms with Gasteiger partial charge in [0.15, 0.2) is 5.82 Å². The van der Waals surface area contributed by atoms with Crippen molar-refractivity contribution in [2.45, 2.75) is 39.5 Å². The van der Waals surface area contributed by atoms with E-state index in [-0.39, 0.29) is 11.8 Å². The van der Waals surface area contributed by atoms with Crippen LogP contribution in [-0.2, 0) is 6.42 Å². The van der Waals surface area contributed by atoms with E-state index in [1.54, 1.807) is 10.9 Å².